The Morgan fingerprint density at radius 2 is 1.33 bits per heavy atom. The summed E-state index contributed by atoms with van der Waals surface area (Å²) in [5.74, 6) is 0.324. The average molecular weight is 1180 g/mol. The summed E-state index contributed by atoms with van der Waals surface area (Å²) in [6.07, 6.45) is -9.85. The average Bonchev–Trinajstić information content (AvgIpc) is 3.20. The van der Waals surface area contributed by atoms with Crippen molar-refractivity contribution in [2.75, 3.05) is 52.0 Å². The number of amides is 4. The fourth-order valence-corrected chi connectivity index (χ4v) is 9.75. The second-order valence-electron chi connectivity index (χ2n) is 21.0. The molecule has 4 amide bonds. The van der Waals surface area contributed by atoms with Crippen molar-refractivity contribution in [1.82, 2.24) is 51.0 Å². The predicted octanol–water partition coefficient (Wildman–Crippen LogP) is 6.19. The molecule has 0 saturated carbocycles. The molecule has 5 heterocycles. The highest BCUT2D eigenvalue weighted by atomic mass is 19.4. The molecular formula is C53H59F10N11O9. The summed E-state index contributed by atoms with van der Waals surface area (Å²) in [5, 5.41) is 10.1. The zero-order chi connectivity index (χ0) is 60.8. The van der Waals surface area contributed by atoms with E-state index in [1.807, 2.05) is 10.7 Å². The number of hydrogen-bond donors (Lipinski definition) is 4. The summed E-state index contributed by atoms with van der Waals surface area (Å²) in [7, 11) is 1.58. The van der Waals surface area contributed by atoms with Gasteiger partial charge in [-0.1, -0.05) is 24.0 Å². The highest BCUT2D eigenvalue weighted by Crippen LogP contribution is 2.42. The fraction of sp³-hybridized carbons (Fsp3) is 0.509. The molecule has 2 bridgehead atoms. The van der Waals surface area contributed by atoms with E-state index in [0.717, 1.165) is 65.6 Å². The van der Waals surface area contributed by atoms with Crippen molar-refractivity contribution in [1.29, 1.82) is 0 Å². The van der Waals surface area contributed by atoms with Crippen LogP contribution in [0, 0.1) is 34.3 Å². The van der Waals surface area contributed by atoms with Gasteiger partial charge in [0.1, 0.15) is 29.8 Å². The minimum Gasteiger partial charge on any atom is -0.461 e. The summed E-state index contributed by atoms with van der Waals surface area (Å²) in [4.78, 5) is 79.5. The highest BCUT2D eigenvalue weighted by molar-refractivity contribution is 5.87. The monoisotopic (exact) mass is 1180 g/mol. The molecule has 0 radical (unpaired) electrons. The highest BCUT2D eigenvalue weighted by Gasteiger charge is 2.57. The number of fused-ring (bicyclic) bond motifs is 2. The topological polar surface area (TPSA) is 224 Å². The number of nitrogens with one attached hydrogen (secondary N) is 4. The van der Waals surface area contributed by atoms with Gasteiger partial charge < -0.3 is 39.8 Å². The smallest absolute Gasteiger partial charge is 0.407 e. The number of aromatic nitrogens is 4. The number of anilines is 1. The van der Waals surface area contributed by atoms with Gasteiger partial charge in [0.2, 0.25) is 11.9 Å². The molecule has 7 rings (SSSR count). The number of halogens is 10. The van der Waals surface area contributed by atoms with Gasteiger partial charge in [0.05, 0.1) is 68.1 Å². The van der Waals surface area contributed by atoms with E-state index in [2.05, 4.69) is 51.5 Å². The molecule has 3 saturated heterocycles. The molecule has 4 aromatic rings. The van der Waals surface area contributed by atoms with Crippen LogP contribution in [-0.2, 0) is 46.3 Å². The first-order valence-corrected chi connectivity index (χ1v) is 25.7. The Hall–Kier alpha value is -7.78. The summed E-state index contributed by atoms with van der Waals surface area (Å²) in [6.45, 7) is -0.435. The molecule has 450 valence electrons. The molecule has 2 aromatic carbocycles. The number of ether oxygens (including phenoxy) is 4. The molecule has 20 nitrogen and oxygen atoms in total. The molecule has 6 atom stereocenters. The summed E-state index contributed by atoms with van der Waals surface area (Å²) >= 11 is 0. The van der Waals surface area contributed by atoms with E-state index in [-0.39, 0.29) is 28.0 Å². The van der Waals surface area contributed by atoms with E-state index in [1.165, 1.54) is 24.3 Å². The van der Waals surface area contributed by atoms with Gasteiger partial charge in [-0.3, -0.25) is 24.7 Å². The van der Waals surface area contributed by atoms with Gasteiger partial charge in [-0.05, 0) is 82.9 Å². The third-order valence-corrected chi connectivity index (χ3v) is 14.9. The van der Waals surface area contributed by atoms with Crippen LogP contribution < -0.4 is 26.3 Å². The Kier molecular flexibility index (Phi) is 19.5. The van der Waals surface area contributed by atoms with Crippen LogP contribution in [0.2, 0.25) is 0 Å². The Morgan fingerprint density at radius 1 is 0.783 bits per heavy atom. The van der Waals surface area contributed by atoms with Crippen LogP contribution in [0.25, 0.3) is 11.3 Å². The van der Waals surface area contributed by atoms with Gasteiger partial charge in [0.25, 0.3) is 12.4 Å². The van der Waals surface area contributed by atoms with E-state index in [4.69, 9.17) is 9.47 Å². The Labute approximate surface area is 468 Å². The molecule has 3 aliphatic rings. The van der Waals surface area contributed by atoms with Crippen LogP contribution in [0.1, 0.15) is 69.3 Å². The molecule has 0 spiro atoms. The van der Waals surface area contributed by atoms with E-state index in [0.29, 0.717) is 80.0 Å². The zero-order valence-electron chi connectivity index (χ0n) is 45.4. The predicted molar refractivity (Wildman–Crippen MR) is 272 cm³/mol. The van der Waals surface area contributed by atoms with Crippen molar-refractivity contribution < 1.29 is 86.8 Å². The number of carbonyl (C=O) groups excluding carboxylic acids is 5. The first-order valence-electron chi connectivity index (χ1n) is 25.7. The Bertz CT molecular complexity index is 2990. The minimum atomic E-state index is -5.26. The SMILES string of the molecule is COC(=O)NC(C(=O)N[C@@H](Cc1ccc(C#Cc2cnc(N3CC4CCC(C3)N4C3COC3)nc2)cc1)[C@H](CN(Cc1c(F)cc(-c2ccn(C(F)F)n2)cc1F)NC(=O)[C@@H](NC(=O)OC)C(C)(C)C(F)(F)F)OC=O)C(C)(C)C(F)(F)F. The van der Waals surface area contributed by atoms with Crippen molar-refractivity contribution in [2.45, 2.75) is 115 Å². The number of hydrazine groups is 1. The van der Waals surface area contributed by atoms with Crippen LogP contribution in [-0.4, -0.2) is 162 Å². The first-order chi connectivity index (χ1) is 39.0. The lowest BCUT2D eigenvalue weighted by molar-refractivity contribution is -0.221. The third kappa shape index (κ3) is 14.7. The maximum Gasteiger partial charge on any atom is 0.407 e. The van der Waals surface area contributed by atoms with Crippen molar-refractivity contribution in [2.24, 2.45) is 10.8 Å². The number of hydrogen-bond acceptors (Lipinski definition) is 15. The zero-order valence-corrected chi connectivity index (χ0v) is 45.4. The molecule has 3 unspecified atom stereocenters. The second kappa shape index (κ2) is 25.8. The number of methoxy groups -OCH3 is 2. The number of nitrogens with zero attached hydrogens (tertiary/aromatic N) is 7. The van der Waals surface area contributed by atoms with Crippen molar-refractivity contribution in [3.05, 3.63) is 94.9 Å². The number of benzene rings is 2. The van der Waals surface area contributed by atoms with E-state index in [1.54, 1.807) is 17.7 Å². The van der Waals surface area contributed by atoms with Crippen LogP contribution in [0.5, 0.6) is 0 Å². The third-order valence-electron chi connectivity index (χ3n) is 14.9. The molecule has 3 fully saturated rings. The normalized spacial score (nSPS) is 18.2. The molecule has 83 heavy (non-hydrogen) atoms. The van der Waals surface area contributed by atoms with E-state index < -0.39 is 115 Å². The molecule has 2 aromatic heterocycles. The van der Waals surface area contributed by atoms with Crippen LogP contribution >= 0.6 is 0 Å². The Morgan fingerprint density at radius 3 is 1.81 bits per heavy atom. The number of piperazine rings is 1. The number of alkyl carbamates (subject to hydrolysis) is 2. The summed E-state index contributed by atoms with van der Waals surface area (Å²) < 4.78 is 167. The van der Waals surface area contributed by atoms with Crippen molar-refractivity contribution >= 4 is 36.4 Å². The maximum atomic E-state index is 16.2. The van der Waals surface area contributed by atoms with Gasteiger partial charge in [-0.2, -0.15) is 40.2 Å². The first kappa shape index (κ1) is 62.8. The number of rotatable bonds is 21. The summed E-state index contributed by atoms with van der Waals surface area (Å²) in [6, 6.07) is 2.55. The quantitative estimate of drug-likeness (QED) is 0.0240. The van der Waals surface area contributed by atoms with Crippen molar-refractivity contribution in [3.8, 4) is 23.1 Å². The lowest BCUT2D eigenvalue weighted by Crippen LogP contribution is -2.64. The minimum absolute atomic E-state index is 0.189. The van der Waals surface area contributed by atoms with Crippen LogP contribution in [0.15, 0.2) is 61.1 Å². The van der Waals surface area contributed by atoms with Gasteiger partial charge in [0, 0.05) is 67.0 Å². The van der Waals surface area contributed by atoms with Gasteiger partial charge in [-0.25, -0.2) is 38.0 Å². The second-order valence-corrected chi connectivity index (χ2v) is 21.0. The van der Waals surface area contributed by atoms with Gasteiger partial charge in [0.15, 0.2) is 0 Å². The Balaban J connectivity index is 1.22. The van der Waals surface area contributed by atoms with Gasteiger partial charge in [-0.15, -0.1) is 0 Å². The lowest BCUT2D eigenvalue weighted by atomic mass is 9.82. The molecule has 0 aliphatic carbocycles. The molecular weight excluding hydrogens is 1120 g/mol. The van der Waals surface area contributed by atoms with Crippen LogP contribution in [0.3, 0.4) is 0 Å². The number of alkyl halides is 8. The van der Waals surface area contributed by atoms with Crippen LogP contribution in [0.4, 0.5) is 59.4 Å². The van der Waals surface area contributed by atoms with Gasteiger partial charge >= 0.3 is 31.1 Å². The summed E-state index contributed by atoms with van der Waals surface area (Å²) in [5.41, 5.74) is -4.73. The molecule has 4 N–H and O–H groups in total. The largest absolute Gasteiger partial charge is 0.461 e. The fourth-order valence-electron chi connectivity index (χ4n) is 9.75. The number of carbonyl (C=O) groups is 5. The van der Waals surface area contributed by atoms with E-state index in [9.17, 15) is 59.1 Å². The standard InChI is InChI=1S/C53H59F10N11O9/c1-50(2,52(58,59)60)42(67-48(78)80-5)44(76)66-40(17-30-10-7-29(8-11-30)9-12-31-20-64-47(65-21-31)71-22-33-13-14-34(23-71)74(33)35-26-82-27-35)41(83-28-75)25-72(70-45(77)43(68-49(79)81-6)51(3,4)53(61,62)63)24-36-37(54)18-32(19-38(36)55)39-15-16-73(69-39)46(56)57/h7-8,10-11,15-16,18-21,28,33-35,40-43,46H,13-14,17,22-27H2,1-6H3,(H,66,76)(H,67,78)(H,68,79)(H,70,77)/t33?,34?,40-,41-,42?,43+/m0/s1. The lowest BCUT2D eigenvalue weighted by Gasteiger charge is -2.47. The molecule has 30 heteroatoms. The van der Waals surface area contributed by atoms with Crippen molar-refractivity contribution in [3.63, 3.8) is 0 Å². The maximum absolute atomic E-state index is 16.2. The molecule has 3 aliphatic heterocycles. The van der Waals surface area contributed by atoms with E-state index >= 15 is 8.78 Å².